The van der Waals surface area contributed by atoms with E-state index in [9.17, 15) is 5.11 Å². The van der Waals surface area contributed by atoms with Crippen LogP contribution in [0.25, 0.3) is 0 Å². The Morgan fingerprint density at radius 2 is 1.79 bits per heavy atom. The summed E-state index contributed by atoms with van der Waals surface area (Å²) in [6, 6.07) is 1.75. The van der Waals surface area contributed by atoms with E-state index >= 15 is 0 Å². The van der Waals surface area contributed by atoms with Gasteiger partial charge in [-0.15, -0.1) is 0 Å². The van der Waals surface area contributed by atoms with E-state index in [4.69, 9.17) is 5.73 Å². The molecule has 0 radical (unpaired) electrons. The van der Waals surface area contributed by atoms with Gasteiger partial charge < -0.3 is 15.7 Å². The van der Waals surface area contributed by atoms with Crippen LogP contribution in [0.2, 0.25) is 0 Å². The number of anilines is 2. The van der Waals surface area contributed by atoms with Gasteiger partial charge in [-0.2, -0.15) is 0 Å². The third-order valence-corrected chi connectivity index (χ3v) is 2.69. The van der Waals surface area contributed by atoms with Gasteiger partial charge in [0, 0.05) is 24.6 Å². The maximum absolute atomic E-state index is 9.96. The summed E-state index contributed by atoms with van der Waals surface area (Å²) in [7, 11) is 0. The molecule has 0 aliphatic carbocycles. The third-order valence-electron chi connectivity index (χ3n) is 2.69. The van der Waals surface area contributed by atoms with E-state index in [1.165, 1.54) is 0 Å². The number of likely N-dealkylation sites (N-methyl/N-ethyl adjacent to an activating group) is 1. The van der Waals surface area contributed by atoms with Crippen molar-refractivity contribution in [3.8, 4) is 0 Å². The quantitative estimate of drug-likeness (QED) is 0.871. The highest BCUT2D eigenvalue weighted by molar-refractivity contribution is 5.47. The zero-order chi connectivity index (χ0) is 14.8. The molecule has 0 amide bonds. The Hall–Kier alpha value is -1.36. The number of hydrogen-bond donors (Lipinski definition) is 2. The average Bonchev–Trinajstić information content (AvgIpc) is 2.22. The molecule has 3 N–H and O–H groups in total. The van der Waals surface area contributed by atoms with E-state index in [2.05, 4.69) is 30.7 Å². The van der Waals surface area contributed by atoms with Crippen LogP contribution >= 0.6 is 0 Å². The molecule has 19 heavy (non-hydrogen) atoms. The Labute approximate surface area is 115 Å². The Bertz CT molecular complexity index is 432. The summed E-state index contributed by atoms with van der Waals surface area (Å²) in [5.74, 6) is 1.95. The fraction of sp³-hybridized carbons (Fsp3) is 0.714. The Morgan fingerprint density at radius 3 is 2.21 bits per heavy atom. The molecule has 1 heterocycles. The van der Waals surface area contributed by atoms with Crippen molar-refractivity contribution < 1.29 is 5.11 Å². The lowest BCUT2D eigenvalue weighted by molar-refractivity contribution is 0.0874. The van der Waals surface area contributed by atoms with Crippen molar-refractivity contribution in [3.05, 3.63) is 11.9 Å². The zero-order valence-corrected chi connectivity index (χ0v) is 12.9. The predicted molar refractivity (Wildman–Crippen MR) is 79.3 cm³/mol. The summed E-state index contributed by atoms with van der Waals surface area (Å²) in [6.07, 6.45) is 0. The molecule has 1 aromatic rings. The average molecular weight is 266 g/mol. The molecule has 0 aromatic carbocycles. The Morgan fingerprint density at radius 1 is 1.21 bits per heavy atom. The fourth-order valence-corrected chi connectivity index (χ4v) is 1.77. The summed E-state index contributed by atoms with van der Waals surface area (Å²) in [6.45, 7) is 13.0. The van der Waals surface area contributed by atoms with Crippen LogP contribution < -0.4 is 10.6 Å². The number of nitrogens with zero attached hydrogens (tertiary/aromatic N) is 3. The van der Waals surface area contributed by atoms with Gasteiger partial charge in [-0.25, -0.2) is 9.97 Å². The van der Waals surface area contributed by atoms with E-state index in [0.717, 1.165) is 18.2 Å². The lowest BCUT2D eigenvalue weighted by Gasteiger charge is -2.30. The highest BCUT2D eigenvalue weighted by Gasteiger charge is 2.22. The van der Waals surface area contributed by atoms with Crippen molar-refractivity contribution in [2.75, 3.05) is 23.7 Å². The second-order valence-corrected chi connectivity index (χ2v) is 6.55. The van der Waals surface area contributed by atoms with Crippen molar-refractivity contribution in [1.29, 1.82) is 0 Å². The minimum Gasteiger partial charge on any atom is -0.389 e. The monoisotopic (exact) mass is 266 g/mol. The maximum atomic E-state index is 9.96. The number of nitrogen functional groups attached to an aromatic ring is 1. The highest BCUT2D eigenvalue weighted by Crippen LogP contribution is 2.23. The van der Waals surface area contributed by atoms with E-state index in [1.807, 2.05) is 11.8 Å². The summed E-state index contributed by atoms with van der Waals surface area (Å²) in [4.78, 5) is 10.9. The summed E-state index contributed by atoms with van der Waals surface area (Å²) in [5, 5.41) is 9.96. The van der Waals surface area contributed by atoms with Gasteiger partial charge in [0.25, 0.3) is 0 Å². The van der Waals surface area contributed by atoms with Crippen molar-refractivity contribution in [3.63, 3.8) is 0 Å². The van der Waals surface area contributed by atoms with E-state index in [0.29, 0.717) is 12.4 Å². The van der Waals surface area contributed by atoms with Crippen LogP contribution in [-0.4, -0.2) is 33.8 Å². The normalized spacial score (nSPS) is 12.6. The minimum atomic E-state index is -0.780. The number of nitrogens with two attached hydrogens (primary N) is 1. The van der Waals surface area contributed by atoms with Gasteiger partial charge >= 0.3 is 0 Å². The van der Waals surface area contributed by atoms with Crippen LogP contribution in [0.5, 0.6) is 0 Å². The van der Waals surface area contributed by atoms with Gasteiger partial charge in [-0.05, 0) is 20.8 Å². The molecule has 0 aliphatic rings. The van der Waals surface area contributed by atoms with Gasteiger partial charge in [0.15, 0.2) is 0 Å². The molecular formula is C14H26N4O. The third kappa shape index (κ3) is 4.67. The SMILES string of the molecule is CCN(CC(C)(C)O)c1cc(N)nc(C(C)(C)C)n1. The molecule has 108 valence electrons. The van der Waals surface area contributed by atoms with Crippen molar-refractivity contribution in [2.24, 2.45) is 0 Å². The number of aliphatic hydroxyl groups is 1. The molecule has 0 fully saturated rings. The summed E-state index contributed by atoms with van der Waals surface area (Å²) >= 11 is 0. The van der Waals surface area contributed by atoms with Crippen LogP contribution in [0.3, 0.4) is 0 Å². The summed E-state index contributed by atoms with van der Waals surface area (Å²) < 4.78 is 0. The Kier molecular flexibility index (Phi) is 4.40. The van der Waals surface area contributed by atoms with Crippen LogP contribution in [0.1, 0.15) is 47.4 Å². The van der Waals surface area contributed by atoms with Crippen molar-refractivity contribution >= 4 is 11.6 Å². The lowest BCUT2D eigenvalue weighted by atomic mass is 9.96. The molecule has 0 saturated heterocycles. The van der Waals surface area contributed by atoms with Crippen LogP contribution in [0.15, 0.2) is 6.07 Å². The van der Waals surface area contributed by atoms with Gasteiger partial charge in [-0.3, -0.25) is 0 Å². The number of rotatable bonds is 4. The van der Waals surface area contributed by atoms with Crippen LogP contribution in [0.4, 0.5) is 11.6 Å². The standard InChI is InChI=1S/C14H26N4O/c1-7-18(9-14(5,6)19)11-8-10(15)16-12(17-11)13(2,3)4/h8,19H,7,9H2,1-6H3,(H2,15,16,17). The maximum Gasteiger partial charge on any atom is 0.138 e. The van der Waals surface area contributed by atoms with Gasteiger partial charge in [0.1, 0.15) is 17.5 Å². The molecule has 0 atom stereocenters. The molecule has 0 unspecified atom stereocenters. The second-order valence-electron chi connectivity index (χ2n) is 6.55. The van der Waals surface area contributed by atoms with E-state index in [1.54, 1.807) is 19.9 Å². The van der Waals surface area contributed by atoms with Crippen molar-refractivity contribution in [1.82, 2.24) is 9.97 Å². The molecule has 0 spiro atoms. The molecule has 0 saturated carbocycles. The van der Waals surface area contributed by atoms with Gasteiger partial charge in [-0.1, -0.05) is 20.8 Å². The Balaban J connectivity index is 3.14. The topological polar surface area (TPSA) is 75.3 Å². The molecule has 0 bridgehead atoms. The van der Waals surface area contributed by atoms with Gasteiger partial charge in [0.2, 0.25) is 0 Å². The fourth-order valence-electron chi connectivity index (χ4n) is 1.77. The second kappa shape index (κ2) is 5.33. The first kappa shape index (κ1) is 15.7. The van der Waals surface area contributed by atoms with Crippen molar-refractivity contribution in [2.45, 2.75) is 52.6 Å². The first-order valence-corrected chi connectivity index (χ1v) is 6.65. The van der Waals surface area contributed by atoms with E-state index < -0.39 is 5.60 Å². The van der Waals surface area contributed by atoms with Crippen LogP contribution in [-0.2, 0) is 5.41 Å². The smallest absolute Gasteiger partial charge is 0.138 e. The highest BCUT2D eigenvalue weighted by atomic mass is 16.3. The molecule has 5 heteroatoms. The molecular weight excluding hydrogens is 240 g/mol. The zero-order valence-electron chi connectivity index (χ0n) is 12.9. The van der Waals surface area contributed by atoms with E-state index in [-0.39, 0.29) is 5.41 Å². The minimum absolute atomic E-state index is 0.154. The molecule has 1 rings (SSSR count). The molecule has 5 nitrogen and oxygen atoms in total. The van der Waals surface area contributed by atoms with Gasteiger partial charge in [0.05, 0.1) is 5.60 Å². The number of aromatic nitrogens is 2. The summed E-state index contributed by atoms with van der Waals surface area (Å²) in [5.41, 5.74) is 4.94. The predicted octanol–water partition coefficient (Wildman–Crippen LogP) is 1.95. The van der Waals surface area contributed by atoms with Crippen LogP contribution in [0, 0.1) is 0 Å². The first-order valence-electron chi connectivity index (χ1n) is 6.65. The molecule has 1 aromatic heterocycles. The first-order chi connectivity index (χ1) is 8.53. The number of hydrogen-bond acceptors (Lipinski definition) is 5. The lowest BCUT2D eigenvalue weighted by Crippen LogP contribution is -2.39. The molecule has 0 aliphatic heterocycles. The largest absolute Gasteiger partial charge is 0.389 e.